The number of ether oxygens (including phenoxy) is 2. The molecule has 0 spiro atoms. The van der Waals surface area contributed by atoms with Crippen LogP contribution >= 0.6 is 0 Å². The van der Waals surface area contributed by atoms with E-state index in [0.717, 1.165) is 37.1 Å². The SMILES string of the molecule is CCCCOc1ccc(C(OCCCCC2CCC2)=C2CCC2)cc1. The molecule has 0 bridgehead atoms. The molecule has 0 saturated heterocycles. The predicted octanol–water partition coefficient (Wildman–Crippen LogP) is 6.75. The fraction of sp³-hybridized carbons (Fsp3) is 0.652. The van der Waals surface area contributed by atoms with Gasteiger partial charge in [-0.3, -0.25) is 0 Å². The molecule has 138 valence electrons. The lowest BCUT2D eigenvalue weighted by Crippen LogP contribution is -2.11. The van der Waals surface area contributed by atoms with E-state index < -0.39 is 0 Å². The number of allylic oxidation sites excluding steroid dienone is 1. The van der Waals surface area contributed by atoms with Crippen molar-refractivity contribution in [2.45, 2.75) is 77.6 Å². The molecule has 0 aromatic heterocycles. The minimum atomic E-state index is 0.807. The first-order chi connectivity index (χ1) is 12.4. The third-order valence-corrected chi connectivity index (χ3v) is 5.64. The molecule has 3 rings (SSSR count). The molecular formula is C23H34O2. The minimum Gasteiger partial charge on any atom is -0.494 e. The summed E-state index contributed by atoms with van der Waals surface area (Å²) in [6.45, 7) is 3.86. The molecule has 0 radical (unpaired) electrons. The highest BCUT2D eigenvalue weighted by molar-refractivity contribution is 5.64. The molecule has 1 aromatic rings. The van der Waals surface area contributed by atoms with Crippen LogP contribution in [0.15, 0.2) is 29.8 Å². The predicted molar refractivity (Wildman–Crippen MR) is 105 cm³/mol. The molecule has 0 heterocycles. The van der Waals surface area contributed by atoms with Crippen molar-refractivity contribution in [1.82, 2.24) is 0 Å². The maximum absolute atomic E-state index is 6.24. The quantitative estimate of drug-likeness (QED) is 0.327. The van der Waals surface area contributed by atoms with Gasteiger partial charge in [0.1, 0.15) is 11.5 Å². The summed E-state index contributed by atoms with van der Waals surface area (Å²) in [6.07, 6.45) is 14.3. The van der Waals surface area contributed by atoms with E-state index in [2.05, 4.69) is 31.2 Å². The Morgan fingerprint density at radius 2 is 1.76 bits per heavy atom. The zero-order valence-corrected chi connectivity index (χ0v) is 15.9. The van der Waals surface area contributed by atoms with Crippen LogP contribution in [-0.4, -0.2) is 13.2 Å². The molecule has 0 aliphatic heterocycles. The van der Waals surface area contributed by atoms with E-state index in [1.54, 1.807) is 0 Å². The van der Waals surface area contributed by atoms with Crippen molar-refractivity contribution < 1.29 is 9.47 Å². The standard InChI is InChI=1S/C23H34O2/c1-2-3-17-24-22-15-13-21(14-16-22)23(20-11-7-12-20)25-18-5-4-8-19-9-6-10-19/h13-16,19H,2-12,17-18H2,1H3. The van der Waals surface area contributed by atoms with Gasteiger partial charge < -0.3 is 9.47 Å². The van der Waals surface area contributed by atoms with E-state index >= 15 is 0 Å². The highest BCUT2D eigenvalue weighted by Gasteiger charge is 2.18. The van der Waals surface area contributed by atoms with Gasteiger partial charge in [0.15, 0.2) is 0 Å². The number of rotatable bonds is 11. The van der Waals surface area contributed by atoms with Crippen LogP contribution in [0.5, 0.6) is 5.75 Å². The van der Waals surface area contributed by atoms with Crippen molar-refractivity contribution in [2.75, 3.05) is 13.2 Å². The number of hydrogen-bond donors (Lipinski definition) is 0. The molecular weight excluding hydrogens is 308 g/mol. The maximum Gasteiger partial charge on any atom is 0.125 e. The molecule has 2 saturated carbocycles. The zero-order valence-electron chi connectivity index (χ0n) is 15.9. The van der Waals surface area contributed by atoms with Gasteiger partial charge in [0, 0.05) is 5.56 Å². The van der Waals surface area contributed by atoms with Gasteiger partial charge >= 0.3 is 0 Å². The average molecular weight is 343 g/mol. The summed E-state index contributed by atoms with van der Waals surface area (Å²) in [5.74, 6) is 3.13. The Labute approximate surface area is 153 Å². The Morgan fingerprint density at radius 3 is 2.36 bits per heavy atom. The summed E-state index contributed by atoms with van der Waals surface area (Å²) < 4.78 is 12.0. The molecule has 2 nitrogen and oxygen atoms in total. The third-order valence-electron chi connectivity index (χ3n) is 5.64. The summed E-state index contributed by atoms with van der Waals surface area (Å²) >= 11 is 0. The summed E-state index contributed by atoms with van der Waals surface area (Å²) in [4.78, 5) is 0. The molecule has 2 aliphatic rings. The van der Waals surface area contributed by atoms with E-state index in [1.807, 2.05) is 0 Å². The number of benzene rings is 1. The average Bonchev–Trinajstić information content (AvgIpc) is 2.54. The molecule has 1 aromatic carbocycles. The van der Waals surface area contributed by atoms with Gasteiger partial charge in [0.05, 0.1) is 13.2 Å². The van der Waals surface area contributed by atoms with Crippen molar-refractivity contribution in [3.05, 3.63) is 35.4 Å². The molecule has 0 N–H and O–H groups in total. The third kappa shape index (κ3) is 5.52. The van der Waals surface area contributed by atoms with Crippen LogP contribution < -0.4 is 4.74 Å². The van der Waals surface area contributed by atoms with Gasteiger partial charge in [-0.1, -0.05) is 39.0 Å². The van der Waals surface area contributed by atoms with E-state index in [0.29, 0.717) is 0 Å². The molecule has 0 amide bonds. The zero-order chi connectivity index (χ0) is 17.3. The van der Waals surface area contributed by atoms with Gasteiger partial charge in [0.25, 0.3) is 0 Å². The van der Waals surface area contributed by atoms with Crippen LogP contribution in [0.2, 0.25) is 0 Å². The molecule has 2 aliphatic carbocycles. The first-order valence-electron chi connectivity index (χ1n) is 10.4. The molecule has 0 unspecified atom stereocenters. The van der Waals surface area contributed by atoms with Gasteiger partial charge in [-0.05, 0) is 74.3 Å². The van der Waals surface area contributed by atoms with Crippen LogP contribution in [0.1, 0.15) is 83.1 Å². The van der Waals surface area contributed by atoms with Gasteiger partial charge in [0.2, 0.25) is 0 Å². The number of hydrogen-bond acceptors (Lipinski definition) is 2. The summed E-state index contributed by atoms with van der Waals surface area (Å²) in [6, 6.07) is 8.50. The van der Waals surface area contributed by atoms with Crippen molar-refractivity contribution in [3.8, 4) is 5.75 Å². The second kappa shape index (κ2) is 9.89. The summed E-state index contributed by atoms with van der Waals surface area (Å²) in [7, 11) is 0. The maximum atomic E-state index is 6.24. The Bertz CT molecular complexity index is 534. The Balaban J connectivity index is 1.48. The molecule has 0 atom stereocenters. The second-order valence-corrected chi connectivity index (χ2v) is 7.65. The highest BCUT2D eigenvalue weighted by atomic mass is 16.5. The highest BCUT2D eigenvalue weighted by Crippen LogP contribution is 2.35. The first kappa shape index (κ1) is 18.4. The van der Waals surface area contributed by atoms with Crippen LogP contribution in [0.4, 0.5) is 0 Å². The van der Waals surface area contributed by atoms with Crippen molar-refractivity contribution in [2.24, 2.45) is 5.92 Å². The Morgan fingerprint density at radius 1 is 0.960 bits per heavy atom. The van der Waals surface area contributed by atoms with E-state index in [-0.39, 0.29) is 0 Å². The monoisotopic (exact) mass is 342 g/mol. The second-order valence-electron chi connectivity index (χ2n) is 7.65. The number of unbranched alkanes of at least 4 members (excludes halogenated alkanes) is 2. The van der Waals surface area contributed by atoms with Crippen LogP contribution in [0.3, 0.4) is 0 Å². The van der Waals surface area contributed by atoms with Crippen LogP contribution in [0, 0.1) is 5.92 Å². The van der Waals surface area contributed by atoms with Crippen molar-refractivity contribution in [1.29, 1.82) is 0 Å². The Hall–Kier alpha value is -1.44. The normalized spacial score (nSPS) is 16.9. The summed E-state index contributed by atoms with van der Waals surface area (Å²) in [5.41, 5.74) is 2.72. The first-order valence-corrected chi connectivity index (χ1v) is 10.4. The lowest BCUT2D eigenvalue weighted by atomic mass is 9.82. The molecule has 25 heavy (non-hydrogen) atoms. The van der Waals surface area contributed by atoms with E-state index in [4.69, 9.17) is 9.47 Å². The summed E-state index contributed by atoms with van der Waals surface area (Å²) in [5, 5.41) is 0. The van der Waals surface area contributed by atoms with Crippen LogP contribution in [0.25, 0.3) is 5.76 Å². The van der Waals surface area contributed by atoms with Crippen molar-refractivity contribution in [3.63, 3.8) is 0 Å². The molecule has 2 heteroatoms. The fourth-order valence-electron chi connectivity index (χ4n) is 3.50. The van der Waals surface area contributed by atoms with Crippen molar-refractivity contribution >= 4 is 5.76 Å². The van der Waals surface area contributed by atoms with Gasteiger partial charge in [-0.15, -0.1) is 0 Å². The largest absolute Gasteiger partial charge is 0.494 e. The van der Waals surface area contributed by atoms with Gasteiger partial charge in [-0.25, -0.2) is 0 Å². The topological polar surface area (TPSA) is 18.5 Å². The van der Waals surface area contributed by atoms with Crippen LogP contribution in [-0.2, 0) is 4.74 Å². The van der Waals surface area contributed by atoms with E-state index in [1.165, 1.54) is 75.3 Å². The fourth-order valence-corrected chi connectivity index (χ4v) is 3.50. The molecule has 2 fully saturated rings. The lowest BCUT2D eigenvalue weighted by molar-refractivity contribution is 0.241. The smallest absolute Gasteiger partial charge is 0.125 e. The minimum absolute atomic E-state index is 0.807. The Kier molecular flexibility index (Phi) is 7.26. The van der Waals surface area contributed by atoms with Gasteiger partial charge in [-0.2, -0.15) is 0 Å². The lowest BCUT2D eigenvalue weighted by Gasteiger charge is -2.25. The van der Waals surface area contributed by atoms with E-state index in [9.17, 15) is 0 Å².